The van der Waals surface area contributed by atoms with Gasteiger partial charge in [-0.3, -0.25) is 4.79 Å². The Morgan fingerprint density at radius 1 is 1.22 bits per heavy atom. The molecular weight excluding hydrogens is 321 g/mol. The standard InChI is InChI=1S/C16H19BF2O3S/c1-15(2)16(3,4)22-17(21-15)11(9-23)7-10-5-6-13(18)12(8-20)14(10)19/h5-8,23H,9H2,1-4H3. The van der Waals surface area contributed by atoms with Crippen LogP contribution in [0.5, 0.6) is 0 Å². The van der Waals surface area contributed by atoms with E-state index in [2.05, 4.69) is 12.6 Å². The summed E-state index contributed by atoms with van der Waals surface area (Å²) in [6.07, 6.45) is 1.65. The molecule has 2 rings (SSSR count). The van der Waals surface area contributed by atoms with Crippen LogP contribution in [0.15, 0.2) is 17.6 Å². The topological polar surface area (TPSA) is 35.5 Å². The van der Waals surface area contributed by atoms with Gasteiger partial charge in [0, 0.05) is 11.3 Å². The second kappa shape index (κ2) is 6.38. The minimum absolute atomic E-state index is 0.0901. The van der Waals surface area contributed by atoms with Crippen molar-refractivity contribution in [2.45, 2.75) is 38.9 Å². The number of hydrogen-bond acceptors (Lipinski definition) is 4. The smallest absolute Gasteiger partial charge is 0.400 e. The molecule has 0 aromatic heterocycles. The van der Waals surface area contributed by atoms with Crippen molar-refractivity contribution in [3.05, 3.63) is 40.4 Å². The molecule has 1 aromatic carbocycles. The van der Waals surface area contributed by atoms with E-state index in [4.69, 9.17) is 9.31 Å². The zero-order chi connectivity index (χ0) is 17.4. The first-order valence-corrected chi connectivity index (χ1v) is 7.86. The fourth-order valence-corrected chi connectivity index (χ4v) is 2.43. The molecule has 0 unspecified atom stereocenters. The van der Waals surface area contributed by atoms with E-state index in [0.29, 0.717) is 5.47 Å². The minimum atomic E-state index is -0.907. The van der Waals surface area contributed by atoms with Crippen LogP contribution in [-0.4, -0.2) is 30.4 Å². The third-order valence-corrected chi connectivity index (χ3v) is 4.72. The maximum Gasteiger partial charge on any atom is 0.491 e. The molecule has 0 aliphatic carbocycles. The van der Waals surface area contributed by atoms with Gasteiger partial charge in [0.2, 0.25) is 0 Å². The van der Waals surface area contributed by atoms with E-state index in [1.54, 1.807) is 0 Å². The normalized spacial score (nSPS) is 20.0. The summed E-state index contributed by atoms with van der Waals surface area (Å²) >= 11 is 4.24. The van der Waals surface area contributed by atoms with Crippen molar-refractivity contribution in [3.63, 3.8) is 0 Å². The molecule has 124 valence electrons. The van der Waals surface area contributed by atoms with E-state index >= 15 is 0 Å². The van der Waals surface area contributed by atoms with Gasteiger partial charge in [-0.05, 0) is 45.3 Å². The Morgan fingerprint density at radius 3 is 2.26 bits per heavy atom. The van der Waals surface area contributed by atoms with Crippen LogP contribution in [0.4, 0.5) is 8.78 Å². The molecule has 1 heterocycles. The second-order valence-corrected chi connectivity index (χ2v) is 6.76. The SMILES string of the molecule is CC1(C)OB(C(=Cc2ccc(F)c(C=O)c2F)CS)OC1(C)C. The van der Waals surface area contributed by atoms with Gasteiger partial charge >= 0.3 is 7.12 Å². The largest absolute Gasteiger partial charge is 0.491 e. The van der Waals surface area contributed by atoms with Gasteiger partial charge in [-0.25, -0.2) is 8.78 Å². The van der Waals surface area contributed by atoms with Crippen molar-refractivity contribution in [3.8, 4) is 0 Å². The number of hydrogen-bond donors (Lipinski definition) is 1. The van der Waals surface area contributed by atoms with Crippen molar-refractivity contribution >= 4 is 32.1 Å². The van der Waals surface area contributed by atoms with Gasteiger partial charge in [0.15, 0.2) is 6.29 Å². The minimum Gasteiger partial charge on any atom is -0.400 e. The number of aldehydes is 1. The Bertz CT molecular complexity index is 643. The van der Waals surface area contributed by atoms with Crippen LogP contribution in [0, 0.1) is 11.6 Å². The number of carbonyl (C=O) groups is 1. The molecule has 7 heteroatoms. The van der Waals surface area contributed by atoms with Crippen molar-refractivity contribution in [1.82, 2.24) is 0 Å². The summed E-state index contributed by atoms with van der Waals surface area (Å²) in [5, 5.41) is 0. The van der Waals surface area contributed by atoms with Gasteiger partial charge in [0.05, 0.1) is 16.8 Å². The number of carbonyl (C=O) groups excluding carboxylic acids is 1. The molecule has 0 N–H and O–H groups in total. The summed E-state index contributed by atoms with van der Waals surface area (Å²) < 4.78 is 39.4. The predicted molar refractivity (Wildman–Crippen MR) is 89.7 cm³/mol. The van der Waals surface area contributed by atoms with Gasteiger partial charge in [0.1, 0.15) is 11.6 Å². The number of halogens is 2. The Hall–Kier alpha value is -1.18. The number of benzene rings is 1. The lowest BCUT2D eigenvalue weighted by molar-refractivity contribution is 0.00578. The Labute approximate surface area is 140 Å². The first-order valence-electron chi connectivity index (χ1n) is 7.23. The average Bonchev–Trinajstić information content (AvgIpc) is 2.67. The highest BCUT2D eigenvalue weighted by Gasteiger charge is 2.52. The first kappa shape index (κ1) is 18.2. The fourth-order valence-electron chi connectivity index (χ4n) is 2.19. The van der Waals surface area contributed by atoms with Gasteiger partial charge in [0.25, 0.3) is 0 Å². The van der Waals surface area contributed by atoms with Gasteiger partial charge in [-0.2, -0.15) is 12.6 Å². The molecule has 3 nitrogen and oxygen atoms in total. The lowest BCUT2D eigenvalue weighted by atomic mass is 9.78. The Kier molecular flexibility index (Phi) is 5.04. The van der Waals surface area contributed by atoms with Crippen LogP contribution in [0.2, 0.25) is 0 Å². The van der Waals surface area contributed by atoms with E-state index in [1.807, 2.05) is 27.7 Å². The van der Waals surface area contributed by atoms with E-state index in [0.717, 1.165) is 6.07 Å². The predicted octanol–water partition coefficient (Wildman–Crippen LogP) is 3.72. The van der Waals surface area contributed by atoms with Gasteiger partial charge in [-0.1, -0.05) is 6.08 Å². The molecule has 1 aromatic rings. The molecule has 0 bridgehead atoms. The third-order valence-electron chi connectivity index (χ3n) is 4.35. The lowest BCUT2D eigenvalue weighted by Gasteiger charge is -2.32. The maximum atomic E-state index is 14.2. The number of rotatable bonds is 4. The van der Waals surface area contributed by atoms with Crippen molar-refractivity contribution in [2.24, 2.45) is 0 Å². The van der Waals surface area contributed by atoms with Crippen LogP contribution in [0.3, 0.4) is 0 Å². The summed E-state index contributed by atoms with van der Waals surface area (Å²) in [5.41, 5.74) is -0.975. The summed E-state index contributed by atoms with van der Waals surface area (Å²) in [7, 11) is -0.679. The lowest BCUT2D eigenvalue weighted by Crippen LogP contribution is -2.41. The quantitative estimate of drug-likeness (QED) is 0.515. The molecule has 0 atom stereocenters. The zero-order valence-electron chi connectivity index (χ0n) is 13.5. The van der Waals surface area contributed by atoms with Crippen LogP contribution >= 0.6 is 12.6 Å². The van der Waals surface area contributed by atoms with Crippen LogP contribution in [-0.2, 0) is 9.31 Å². The van der Waals surface area contributed by atoms with E-state index in [1.165, 1.54) is 12.1 Å². The Balaban J connectivity index is 2.40. The first-order chi connectivity index (χ1) is 10.6. The molecule has 0 saturated carbocycles. The summed E-state index contributed by atoms with van der Waals surface area (Å²) in [6.45, 7) is 7.64. The highest BCUT2D eigenvalue weighted by atomic mass is 32.1. The van der Waals surface area contributed by atoms with Crippen LogP contribution in [0.25, 0.3) is 6.08 Å². The average molecular weight is 340 g/mol. The fraction of sp³-hybridized carbons (Fsp3) is 0.438. The van der Waals surface area contributed by atoms with E-state index in [-0.39, 0.29) is 17.6 Å². The third kappa shape index (κ3) is 3.37. The van der Waals surface area contributed by atoms with Gasteiger partial charge < -0.3 is 9.31 Å². The molecule has 0 spiro atoms. The van der Waals surface area contributed by atoms with Crippen molar-refractivity contribution in [2.75, 3.05) is 5.75 Å². The van der Waals surface area contributed by atoms with E-state index in [9.17, 15) is 13.6 Å². The van der Waals surface area contributed by atoms with Crippen LogP contribution in [0.1, 0.15) is 43.6 Å². The van der Waals surface area contributed by atoms with Crippen molar-refractivity contribution in [1.29, 1.82) is 0 Å². The molecule has 1 saturated heterocycles. The highest BCUT2D eigenvalue weighted by Crippen LogP contribution is 2.39. The molecule has 0 radical (unpaired) electrons. The maximum absolute atomic E-state index is 14.2. The Morgan fingerprint density at radius 2 is 1.78 bits per heavy atom. The monoisotopic (exact) mass is 340 g/mol. The highest BCUT2D eigenvalue weighted by molar-refractivity contribution is 7.80. The van der Waals surface area contributed by atoms with Crippen LogP contribution < -0.4 is 0 Å². The van der Waals surface area contributed by atoms with Gasteiger partial charge in [-0.15, -0.1) is 0 Å². The molecule has 1 aliphatic rings. The van der Waals surface area contributed by atoms with Crippen molar-refractivity contribution < 1.29 is 22.9 Å². The molecular formula is C16H19BF2O3S. The molecule has 1 aliphatic heterocycles. The second-order valence-electron chi connectivity index (χ2n) is 6.45. The summed E-state index contributed by atoms with van der Waals surface area (Å²) in [5.74, 6) is -1.53. The molecule has 0 amide bonds. The molecule has 1 fully saturated rings. The zero-order valence-corrected chi connectivity index (χ0v) is 14.4. The molecule has 23 heavy (non-hydrogen) atoms. The summed E-state index contributed by atoms with van der Waals surface area (Å²) in [4.78, 5) is 10.8. The number of thiol groups is 1. The summed E-state index contributed by atoms with van der Waals surface area (Å²) in [6, 6.07) is 2.32. The van der Waals surface area contributed by atoms with E-state index < -0.39 is 35.5 Å².